The Morgan fingerprint density at radius 1 is 1.16 bits per heavy atom. The van der Waals surface area contributed by atoms with E-state index in [4.69, 9.17) is 4.52 Å². The number of carbonyl (C=O) groups excluding carboxylic acids is 1. The predicted molar refractivity (Wildman–Crippen MR) is 104 cm³/mol. The van der Waals surface area contributed by atoms with Crippen LogP contribution in [0, 0.1) is 11.6 Å². The van der Waals surface area contributed by atoms with Crippen LogP contribution in [-0.4, -0.2) is 57.9 Å². The van der Waals surface area contributed by atoms with Crippen LogP contribution in [-0.2, 0) is 9.84 Å². The van der Waals surface area contributed by atoms with E-state index in [2.05, 4.69) is 15.1 Å². The Kier molecular flexibility index (Phi) is 4.40. The van der Waals surface area contributed by atoms with Crippen LogP contribution >= 0.6 is 0 Å². The summed E-state index contributed by atoms with van der Waals surface area (Å²) in [5.74, 6) is -2.62. The summed E-state index contributed by atoms with van der Waals surface area (Å²) in [6.45, 7) is -0.245. The Morgan fingerprint density at radius 3 is 2.61 bits per heavy atom. The van der Waals surface area contributed by atoms with Crippen molar-refractivity contribution in [1.29, 1.82) is 0 Å². The van der Waals surface area contributed by atoms with Gasteiger partial charge in [0, 0.05) is 37.1 Å². The average Bonchev–Trinajstić information content (AvgIpc) is 3.29. The fourth-order valence-electron chi connectivity index (χ4n) is 4.29. The molecule has 2 fully saturated rings. The van der Waals surface area contributed by atoms with Crippen molar-refractivity contribution in [2.75, 3.05) is 18.8 Å². The summed E-state index contributed by atoms with van der Waals surface area (Å²) >= 11 is 0. The number of halogens is 2. The predicted octanol–water partition coefficient (Wildman–Crippen LogP) is 2.21. The minimum Gasteiger partial charge on any atom is -0.339 e. The Labute approximate surface area is 175 Å². The number of aromatic nitrogens is 3. The minimum absolute atomic E-state index is 0.0718. The molecule has 3 aromatic rings. The van der Waals surface area contributed by atoms with Crippen LogP contribution < -0.4 is 0 Å². The quantitative estimate of drug-likeness (QED) is 0.607. The van der Waals surface area contributed by atoms with Gasteiger partial charge < -0.3 is 9.42 Å². The summed E-state index contributed by atoms with van der Waals surface area (Å²) in [7, 11) is -3.55. The number of carbonyl (C=O) groups is 1. The van der Waals surface area contributed by atoms with Crippen molar-refractivity contribution in [2.24, 2.45) is 0 Å². The second kappa shape index (κ2) is 6.91. The molecule has 2 aliphatic heterocycles. The lowest BCUT2D eigenvalue weighted by molar-refractivity contribution is 0.0499. The maximum atomic E-state index is 14.0. The number of likely N-dealkylation sites (tertiary alicyclic amines) is 1. The van der Waals surface area contributed by atoms with E-state index in [1.54, 1.807) is 24.5 Å². The van der Waals surface area contributed by atoms with E-state index < -0.39 is 38.0 Å². The molecule has 2 aliphatic rings. The van der Waals surface area contributed by atoms with Crippen LogP contribution in [0.5, 0.6) is 0 Å². The maximum absolute atomic E-state index is 14.0. The van der Waals surface area contributed by atoms with E-state index in [0.717, 1.165) is 12.1 Å². The third kappa shape index (κ3) is 3.02. The van der Waals surface area contributed by atoms with Gasteiger partial charge in [0.1, 0.15) is 16.4 Å². The number of pyridine rings is 1. The molecule has 5 rings (SSSR count). The van der Waals surface area contributed by atoms with Gasteiger partial charge >= 0.3 is 0 Å². The van der Waals surface area contributed by atoms with E-state index in [1.165, 1.54) is 4.90 Å². The molecule has 1 unspecified atom stereocenters. The number of hydrogen-bond acceptors (Lipinski definition) is 7. The van der Waals surface area contributed by atoms with Crippen LogP contribution in [0.2, 0.25) is 0 Å². The van der Waals surface area contributed by atoms with Gasteiger partial charge in [0.15, 0.2) is 9.84 Å². The van der Waals surface area contributed by atoms with Gasteiger partial charge in [0.25, 0.3) is 5.91 Å². The molecule has 8 nitrogen and oxygen atoms in total. The Morgan fingerprint density at radius 2 is 1.90 bits per heavy atom. The first-order chi connectivity index (χ1) is 14.8. The molecule has 0 radical (unpaired) electrons. The van der Waals surface area contributed by atoms with Crippen molar-refractivity contribution in [1.82, 2.24) is 20.0 Å². The smallest absolute Gasteiger partial charge is 0.256 e. The van der Waals surface area contributed by atoms with E-state index in [0.29, 0.717) is 17.5 Å². The molecule has 2 saturated heterocycles. The molecular formula is C20H16F2N4O4S. The molecular weight excluding hydrogens is 430 g/mol. The SMILES string of the molecule is O=C(c1ccc(F)cc1F)N1CC2(C1)C(c1nc(-c3ccncc3)no1)CCS2(=O)=O. The van der Waals surface area contributed by atoms with Crippen LogP contribution in [0.1, 0.15) is 28.6 Å². The second-order valence-electron chi connectivity index (χ2n) is 7.70. The molecule has 1 spiro atoms. The number of nitrogens with zero attached hydrogens (tertiary/aromatic N) is 4. The average molecular weight is 446 g/mol. The van der Waals surface area contributed by atoms with Crippen LogP contribution in [0.4, 0.5) is 8.78 Å². The fraction of sp³-hybridized carbons (Fsp3) is 0.300. The lowest BCUT2D eigenvalue weighted by atomic mass is 9.82. The fourth-order valence-corrected chi connectivity index (χ4v) is 6.60. The molecule has 0 N–H and O–H groups in total. The van der Waals surface area contributed by atoms with Gasteiger partial charge in [-0.3, -0.25) is 9.78 Å². The molecule has 2 aromatic heterocycles. The highest BCUT2D eigenvalue weighted by Crippen LogP contribution is 2.50. The molecule has 1 aromatic carbocycles. The first-order valence-electron chi connectivity index (χ1n) is 9.51. The normalized spacial score (nSPS) is 21.2. The van der Waals surface area contributed by atoms with Gasteiger partial charge in [0.05, 0.1) is 17.2 Å². The summed E-state index contributed by atoms with van der Waals surface area (Å²) in [4.78, 5) is 22.2. The molecule has 1 atom stereocenters. The van der Waals surface area contributed by atoms with E-state index >= 15 is 0 Å². The molecule has 160 valence electrons. The molecule has 4 heterocycles. The van der Waals surface area contributed by atoms with Gasteiger partial charge in [0.2, 0.25) is 11.7 Å². The van der Waals surface area contributed by atoms with Crippen LogP contribution in [0.3, 0.4) is 0 Å². The Balaban J connectivity index is 1.42. The van der Waals surface area contributed by atoms with Crippen molar-refractivity contribution in [3.63, 3.8) is 0 Å². The zero-order valence-corrected chi connectivity index (χ0v) is 16.8. The zero-order valence-electron chi connectivity index (χ0n) is 16.0. The highest BCUT2D eigenvalue weighted by Gasteiger charge is 2.64. The standard InChI is InChI=1S/C20H16F2N4O4S/c21-13-1-2-14(16(22)9-13)19(27)26-10-20(11-26)15(5-8-31(20,28)29)18-24-17(25-30-18)12-3-6-23-7-4-12/h1-4,6-7,9,15H,5,8,10-11H2. The molecule has 11 heteroatoms. The third-order valence-electron chi connectivity index (χ3n) is 5.97. The van der Waals surface area contributed by atoms with Gasteiger partial charge in [-0.25, -0.2) is 17.2 Å². The number of hydrogen-bond donors (Lipinski definition) is 0. The van der Waals surface area contributed by atoms with E-state index in [-0.39, 0.29) is 36.7 Å². The number of amides is 1. The van der Waals surface area contributed by atoms with Gasteiger partial charge in [-0.2, -0.15) is 4.98 Å². The Bertz CT molecular complexity index is 1270. The molecule has 31 heavy (non-hydrogen) atoms. The summed E-state index contributed by atoms with van der Waals surface area (Å²) < 4.78 is 57.0. The van der Waals surface area contributed by atoms with Gasteiger partial charge in [-0.05, 0) is 30.7 Å². The topological polar surface area (TPSA) is 106 Å². The van der Waals surface area contributed by atoms with E-state index in [9.17, 15) is 22.0 Å². The lowest BCUT2D eigenvalue weighted by Crippen LogP contribution is -2.67. The number of sulfone groups is 1. The second-order valence-corrected chi connectivity index (χ2v) is 10.2. The lowest BCUT2D eigenvalue weighted by Gasteiger charge is -2.49. The van der Waals surface area contributed by atoms with Crippen molar-refractivity contribution in [3.05, 3.63) is 65.8 Å². The van der Waals surface area contributed by atoms with Crippen molar-refractivity contribution in [2.45, 2.75) is 17.1 Å². The largest absolute Gasteiger partial charge is 0.339 e. The number of rotatable bonds is 3. The number of benzene rings is 1. The molecule has 0 aliphatic carbocycles. The van der Waals surface area contributed by atoms with Crippen LogP contribution in [0.15, 0.2) is 47.2 Å². The molecule has 0 bridgehead atoms. The van der Waals surface area contributed by atoms with Gasteiger partial charge in [-0.15, -0.1) is 0 Å². The highest BCUT2D eigenvalue weighted by molar-refractivity contribution is 7.93. The summed E-state index contributed by atoms with van der Waals surface area (Å²) in [6.07, 6.45) is 3.45. The summed E-state index contributed by atoms with van der Waals surface area (Å²) in [5, 5.41) is 3.95. The molecule has 0 saturated carbocycles. The molecule has 1 amide bonds. The third-order valence-corrected chi connectivity index (χ3v) is 8.53. The van der Waals surface area contributed by atoms with Crippen LogP contribution in [0.25, 0.3) is 11.4 Å². The maximum Gasteiger partial charge on any atom is 0.256 e. The van der Waals surface area contributed by atoms with Gasteiger partial charge in [-0.1, -0.05) is 5.16 Å². The van der Waals surface area contributed by atoms with Crippen molar-refractivity contribution in [3.8, 4) is 11.4 Å². The minimum atomic E-state index is -3.55. The first kappa shape index (κ1) is 19.7. The van der Waals surface area contributed by atoms with Crippen molar-refractivity contribution >= 4 is 15.7 Å². The summed E-state index contributed by atoms with van der Waals surface area (Å²) in [6, 6.07) is 6.07. The van der Waals surface area contributed by atoms with E-state index in [1.807, 2.05) is 0 Å². The zero-order chi connectivity index (χ0) is 21.8. The highest BCUT2D eigenvalue weighted by atomic mass is 32.2. The summed E-state index contributed by atoms with van der Waals surface area (Å²) in [5.41, 5.74) is 0.373. The monoisotopic (exact) mass is 446 g/mol. The Hall–Kier alpha value is -3.21. The van der Waals surface area contributed by atoms with Crippen molar-refractivity contribution < 1.29 is 26.5 Å². The first-order valence-corrected chi connectivity index (χ1v) is 11.2.